The molecule has 0 fully saturated rings. The molecule has 0 aliphatic rings. The van der Waals surface area contributed by atoms with Gasteiger partial charge in [-0.25, -0.2) is 0 Å². The Morgan fingerprint density at radius 1 is 1.24 bits per heavy atom. The van der Waals surface area contributed by atoms with Crippen molar-refractivity contribution >= 4 is 0 Å². The lowest BCUT2D eigenvalue weighted by molar-refractivity contribution is 0.183. The van der Waals surface area contributed by atoms with Crippen molar-refractivity contribution < 1.29 is 0 Å². The summed E-state index contributed by atoms with van der Waals surface area (Å²) in [6.07, 6.45) is 0. The highest BCUT2D eigenvalue weighted by Crippen LogP contribution is 2.17. The minimum absolute atomic E-state index is 0.193. The van der Waals surface area contributed by atoms with Crippen molar-refractivity contribution in [1.82, 2.24) is 4.90 Å². The Morgan fingerprint density at radius 2 is 1.88 bits per heavy atom. The second-order valence-electron chi connectivity index (χ2n) is 5.60. The monoisotopic (exact) mass is 234 g/mol. The average Bonchev–Trinajstić information content (AvgIpc) is 2.31. The maximum atomic E-state index is 5.81. The first-order valence-corrected chi connectivity index (χ1v) is 6.45. The van der Waals surface area contributed by atoms with Crippen molar-refractivity contribution in [1.29, 1.82) is 0 Å². The molecule has 2 N–H and O–H groups in total. The maximum Gasteiger partial charge on any atom is 0.0236 e. The summed E-state index contributed by atoms with van der Waals surface area (Å²) in [6.45, 7) is 12.7. The van der Waals surface area contributed by atoms with Crippen molar-refractivity contribution in [3.05, 3.63) is 35.4 Å². The zero-order chi connectivity index (χ0) is 12.9. The van der Waals surface area contributed by atoms with Gasteiger partial charge in [0.15, 0.2) is 0 Å². The minimum atomic E-state index is 0.193. The van der Waals surface area contributed by atoms with E-state index in [0.29, 0.717) is 0 Å². The molecule has 1 aromatic rings. The molecule has 0 atom stereocenters. The van der Waals surface area contributed by atoms with Crippen LogP contribution in [-0.2, 0) is 6.54 Å². The number of rotatable bonds is 6. The van der Waals surface area contributed by atoms with Gasteiger partial charge in [-0.05, 0) is 36.6 Å². The number of nitrogens with zero attached hydrogens (tertiary/aromatic N) is 1. The summed E-state index contributed by atoms with van der Waals surface area (Å²) in [4.78, 5) is 2.47. The van der Waals surface area contributed by atoms with Gasteiger partial charge in [0.05, 0.1) is 0 Å². The Kier molecular flexibility index (Phi) is 5.16. The van der Waals surface area contributed by atoms with E-state index in [2.05, 4.69) is 56.9 Å². The molecule has 17 heavy (non-hydrogen) atoms. The third-order valence-corrected chi connectivity index (χ3v) is 3.31. The molecule has 0 saturated heterocycles. The van der Waals surface area contributed by atoms with Crippen molar-refractivity contribution in [2.75, 3.05) is 19.6 Å². The van der Waals surface area contributed by atoms with Crippen LogP contribution in [-0.4, -0.2) is 24.5 Å². The molecule has 0 unspecified atom stereocenters. The van der Waals surface area contributed by atoms with Gasteiger partial charge < -0.3 is 5.73 Å². The number of aryl methyl sites for hydroxylation is 1. The normalized spacial score (nSPS) is 12.1. The molecule has 2 heteroatoms. The highest BCUT2D eigenvalue weighted by atomic mass is 15.1. The van der Waals surface area contributed by atoms with Crippen LogP contribution in [0.15, 0.2) is 24.3 Å². The van der Waals surface area contributed by atoms with E-state index in [1.54, 1.807) is 0 Å². The lowest BCUT2D eigenvalue weighted by atomic mass is 9.93. The molecule has 96 valence electrons. The van der Waals surface area contributed by atoms with Crippen LogP contribution in [0.1, 0.15) is 31.9 Å². The van der Waals surface area contributed by atoms with E-state index in [-0.39, 0.29) is 5.41 Å². The lowest BCUT2D eigenvalue weighted by Crippen LogP contribution is -2.38. The van der Waals surface area contributed by atoms with Crippen LogP contribution in [0.3, 0.4) is 0 Å². The van der Waals surface area contributed by atoms with E-state index in [4.69, 9.17) is 5.73 Å². The molecule has 0 spiro atoms. The van der Waals surface area contributed by atoms with Crippen LogP contribution in [0, 0.1) is 12.3 Å². The largest absolute Gasteiger partial charge is 0.330 e. The van der Waals surface area contributed by atoms with Gasteiger partial charge >= 0.3 is 0 Å². The fourth-order valence-corrected chi connectivity index (χ4v) is 1.98. The van der Waals surface area contributed by atoms with E-state index >= 15 is 0 Å². The van der Waals surface area contributed by atoms with Crippen LogP contribution in [0.2, 0.25) is 0 Å². The molecule has 0 heterocycles. The summed E-state index contributed by atoms with van der Waals surface area (Å²) >= 11 is 0. The predicted octanol–water partition coefficient (Wildman–Crippen LogP) is 2.80. The number of benzene rings is 1. The van der Waals surface area contributed by atoms with Crippen molar-refractivity contribution in [3.63, 3.8) is 0 Å². The molecule has 0 saturated carbocycles. The third-order valence-electron chi connectivity index (χ3n) is 3.31. The number of hydrogen-bond donors (Lipinski definition) is 1. The Hall–Kier alpha value is -0.860. The molecule has 0 bridgehead atoms. The fraction of sp³-hybridized carbons (Fsp3) is 0.600. The Bertz CT molecular complexity index is 345. The van der Waals surface area contributed by atoms with Crippen LogP contribution < -0.4 is 5.73 Å². The lowest BCUT2D eigenvalue weighted by Gasteiger charge is -2.31. The first-order chi connectivity index (χ1) is 7.98. The molecular formula is C15H26N2. The Labute approximate surface area is 106 Å². The second kappa shape index (κ2) is 6.18. The van der Waals surface area contributed by atoms with E-state index in [1.165, 1.54) is 11.1 Å². The summed E-state index contributed by atoms with van der Waals surface area (Å²) in [5.41, 5.74) is 8.79. The van der Waals surface area contributed by atoms with Crippen LogP contribution in [0.5, 0.6) is 0 Å². The number of nitrogens with two attached hydrogens (primary N) is 1. The van der Waals surface area contributed by atoms with Gasteiger partial charge in [-0.3, -0.25) is 4.90 Å². The molecule has 0 amide bonds. The molecule has 1 rings (SSSR count). The Balaban J connectivity index is 2.68. The summed E-state index contributed by atoms with van der Waals surface area (Å²) < 4.78 is 0. The maximum absolute atomic E-state index is 5.81. The first-order valence-electron chi connectivity index (χ1n) is 6.45. The van der Waals surface area contributed by atoms with E-state index < -0.39 is 0 Å². The van der Waals surface area contributed by atoms with Gasteiger partial charge in [-0.15, -0.1) is 0 Å². The van der Waals surface area contributed by atoms with Crippen molar-refractivity contribution in [2.24, 2.45) is 11.1 Å². The summed E-state index contributed by atoms with van der Waals surface area (Å²) in [5.74, 6) is 0. The minimum Gasteiger partial charge on any atom is -0.330 e. The van der Waals surface area contributed by atoms with E-state index in [9.17, 15) is 0 Å². The van der Waals surface area contributed by atoms with Crippen LogP contribution in [0.4, 0.5) is 0 Å². The topological polar surface area (TPSA) is 29.3 Å². The predicted molar refractivity (Wildman–Crippen MR) is 75.0 cm³/mol. The van der Waals surface area contributed by atoms with Gasteiger partial charge in [0, 0.05) is 13.1 Å². The SMILES string of the molecule is CCN(Cc1ccccc1C)CC(C)(C)CN. The summed E-state index contributed by atoms with van der Waals surface area (Å²) in [6, 6.07) is 8.61. The highest BCUT2D eigenvalue weighted by Gasteiger charge is 2.19. The van der Waals surface area contributed by atoms with E-state index in [1.807, 2.05) is 0 Å². The third kappa shape index (κ3) is 4.49. The number of hydrogen-bond acceptors (Lipinski definition) is 2. The van der Waals surface area contributed by atoms with Gasteiger partial charge in [-0.2, -0.15) is 0 Å². The molecular weight excluding hydrogens is 208 g/mol. The standard InChI is InChI=1S/C15H26N2/c1-5-17(12-15(3,4)11-16)10-14-9-7-6-8-13(14)2/h6-9H,5,10-12,16H2,1-4H3. The molecule has 2 nitrogen and oxygen atoms in total. The second-order valence-corrected chi connectivity index (χ2v) is 5.60. The van der Waals surface area contributed by atoms with Crippen molar-refractivity contribution in [2.45, 2.75) is 34.2 Å². The molecule has 1 aromatic carbocycles. The quantitative estimate of drug-likeness (QED) is 0.820. The van der Waals surface area contributed by atoms with Gasteiger partial charge in [0.2, 0.25) is 0 Å². The molecule has 0 aromatic heterocycles. The molecule has 0 radical (unpaired) electrons. The molecule has 0 aliphatic carbocycles. The van der Waals surface area contributed by atoms with Gasteiger partial charge in [0.1, 0.15) is 0 Å². The highest BCUT2D eigenvalue weighted by molar-refractivity contribution is 5.25. The summed E-state index contributed by atoms with van der Waals surface area (Å²) in [7, 11) is 0. The van der Waals surface area contributed by atoms with Crippen LogP contribution >= 0.6 is 0 Å². The van der Waals surface area contributed by atoms with Gasteiger partial charge in [-0.1, -0.05) is 45.0 Å². The average molecular weight is 234 g/mol. The fourth-order valence-electron chi connectivity index (χ4n) is 1.98. The van der Waals surface area contributed by atoms with Crippen molar-refractivity contribution in [3.8, 4) is 0 Å². The van der Waals surface area contributed by atoms with Crippen LogP contribution in [0.25, 0.3) is 0 Å². The first kappa shape index (κ1) is 14.2. The molecule has 0 aliphatic heterocycles. The van der Waals surface area contributed by atoms with Gasteiger partial charge in [0.25, 0.3) is 0 Å². The summed E-state index contributed by atoms with van der Waals surface area (Å²) in [5, 5.41) is 0. The van der Waals surface area contributed by atoms with E-state index in [0.717, 1.165) is 26.2 Å². The Morgan fingerprint density at radius 3 is 2.41 bits per heavy atom. The zero-order valence-electron chi connectivity index (χ0n) is 11.7. The zero-order valence-corrected chi connectivity index (χ0v) is 11.7. The smallest absolute Gasteiger partial charge is 0.0236 e.